The van der Waals surface area contributed by atoms with Crippen molar-refractivity contribution in [3.05, 3.63) is 35.1 Å². The van der Waals surface area contributed by atoms with Gasteiger partial charge in [-0.05, 0) is 48.9 Å². The summed E-state index contributed by atoms with van der Waals surface area (Å²) in [4.78, 5) is 23.1. The molecule has 1 saturated carbocycles. The molecule has 2 N–H and O–H groups in total. The molecule has 3 rings (SSSR count). The Labute approximate surface area is 109 Å². The summed E-state index contributed by atoms with van der Waals surface area (Å²) < 4.78 is 13.1. The second kappa shape index (κ2) is 4.05. The van der Waals surface area contributed by atoms with Crippen LogP contribution in [-0.4, -0.2) is 17.0 Å². The molecule has 1 aromatic rings. The van der Waals surface area contributed by atoms with Crippen LogP contribution in [0.1, 0.15) is 36.4 Å². The molecule has 5 heteroatoms. The number of rotatable bonds is 3. The molecule has 1 fully saturated rings. The third kappa shape index (κ3) is 1.89. The minimum absolute atomic E-state index is 0.195. The van der Waals surface area contributed by atoms with Crippen LogP contribution in [0.4, 0.5) is 4.39 Å². The topological polar surface area (TPSA) is 66.4 Å². The summed E-state index contributed by atoms with van der Waals surface area (Å²) in [6.07, 6.45) is 2.20. The fraction of sp³-hybridized carbons (Fsp3) is 0.429. The van der Waals surface area contributed by atoms with E-state index in [2.05, 4.69) is 5.32 Å². The maximum Gasteiger partial charge on any atom is 0.319 e. The summed E-state index contributed by atoms with van der Waals surface area (Å²) in [7, 11) is 0. The van der Waals surface area contributed by atoms with Gasteiger partial charge in [-0.1, -0.05) is 6.07 Å². The summed E-state index contributed by atoms with van der Waals surface area (Å²) in [6, 6.07) is 4.32. The highest BCUT2D eigenvalue weighted by Gasteiger charge is 2.57. The van der Waals surface area contributed by atoms with Gasteiger partial charge in [-0.2, -0.15) is 0 Å². The number of amides is 1. The lowest BCUT2D eigenvalue weighted by Crippen LogP contribution is -2.38. The van der Waals surface area contributed by atoms with Crippen molar-refractivity contribution in [2.75, 3.05) is 0 Å². The number of benzene rings is 1. The van der Waals surface area contributed by atoms with Crippen molar-refractivity contribution in [1.29, 1.82) is 0 Å². The summed E-state index contributed by atoms with van der Waals surface area (Å²) in [5.41, 5.74) is 0.574. The van der Waals surface area contributed by atoms with Crippen molar-refractivity contribution in [2.24, 2.45) is 5.41 Å². The first-order chi connectivity index (χ1) is 9.03. The Morgan fingerprint density at radius 3 is 2.74 bits per heavy atom. The van der Waals surface area contributed by atoms with Gasteiger partial charge in [-0.25, -0.2) is 4.39 Å². The molecule has 2 aliphatic rings. The molecule has 0 spiro atoms. The molecule has 2 aliphatic carbocycles. The van der Waals surface area contributed by atoms with Gasteiger partial charge in [0, 0.05) is 0 Å². The molecule has 0 saturated heterocycles. The molecule has 0 bridgehead atoms. The molecule has 0 aromatic heterocycles. The van der Waals surface area contributed by atoms with E-state index in [0.717, 1.165) is 11.1 Å². The third-order valence-corrected chi connectivity index (χ3v) is 4.08. The standard InChI is InChI=1S/C14H14FNO3/c15-9-2-3-10-8(7-9)1-4-11(10)16-12(17)14(5-6-14)13(18)19/h2-3,7,11H,1,4-6H2,(H,16,17)(H,18,19)/t11-/m0/s1. The third-order valence-electron chi connectivity index (χ3n) is 4.08. The molecule has 1 atom stereocenters. The molecule has 0 unspecified atom stereocenters. The van der Waals surface area contributed by atoms with Crippen molar-refractivity contribution in [1.82, 2.24) is 5.32 Å². The van der Waals surface area contributed by atoms with Crippen LogP contribution in [0, 0.1) is 11.2 Å². The lowest BCUT2D eigenvalue weighted by atomic mass is 10.0. The van der Waals surface area contributed by atoms with Gasteiger partial charge in [0.1, 0.15) is 11.2 Å². The molecular weight excluding hydrogens is 249 g/mol. The number of hydrogen-bond donors (Lipinski definition) is 2. The van der Waals surface area contributed by atoms with Gasteiger partial charge in [0.05, 0.1) is 6.04 Å². The predicted molar refractivity (Wildman–Crippen MR) is 64.9 cm³/mol. The maximum absolute atomic E-state index is 13.1. The van der Waals surface area contributed by atoms with Gasteiger partial charge in [0.2, 0.25) is 5.91 Å². The number of hydrogen-bond acceptors (Lipinski definition) is 2. The molecule has 4 nitrogen and oxygen atoms in total. The van der Waals surface area contributed by atoms with Gasteiger partial charge in [-0.3, -0.25) is 9.59 Å². The number of aryl methyl sites for hydroxylation is 1. The highest BCUT2D eigenvalue weighted by Crippen LogP contribution is 2.47. The molecule has 0 heterocycles. The summed E-state index contributed by atoms with van der Waals surface area (Å²) in [6.45, 7) is 0. The summed E-state index contributed by atoms with van der Waals surface area (Å²) in [5, 5.41) is 11.9. The molecule has 100 valence electrons. The van der Waals surface area contributed by atoms with Crippen molar-refractivity contribution in [2.45, 2.75) is 31.7 Å². The normalized spacial score (nSPS) is 22.7. The van der Waals surface area contributed by atoms with E-state index >= 15 is 0 Å². The monoisotopic (exact) mass is 263 g/mol. The van der Waals surface area contributed by atoms with E-state index in [1.54, 1.807) is 6.07 Å². The smallest absolute Gasteiger partial charge is 0.319 e. The summed E-state index contributed by atoms with van der Waals surface area (Å²) >= 11 is 0. The van der Waals surface area contributed by atoms with Crippen LogP contribution in [0.2, 0.25) is 0 Å². The molecular formula is C14H14FNO3. The fourth-order valence-electron chi connectivity index (χ4n) is 2.70. The van der Waals surface area contributed by atoms with E-state index in [4.69, 9.17) is 5.11 Å². The minimum atomic E-state index is -1.22. The van der Waals surface area contributed by atoms with Crippen molar-refractivity contribution in [3.63, 3.8) is 0 Å². The SMILES string of the molecule is O=C(O)C1(C(=O)N[C@H]2CCc3cc(F)ccc32)CC1. The number of carbonyl (C=O) groups is 2. The number of aliphatic carboxylic acids is 1. The maximum atomic E-state index is 13.1. The Morgan fingerprint density at radius 1 is 1.37 bits per heavy atom. The minimum Gasteiger partial charge on any atom is -0.480 e. The van der Waals surface area contributed by atoms with Gasteiger partial charge < -0.3 is 10.4 Å². The average Bonchev–Trinajstić information content (AvgIpc) is 3.09. The molecule has 1 aromatic carbocycles. The van der Waals surface area contributed by atoms with E-state index < -0.39 is 17.3 Å². The predicted octanol–water partition coefficient (Wildman–Crippen LogP) is 1.79. The number of halogens is 1. The van der Waals surface area contributed by atoms with Crippen LogP contribution in [0.5, 0.6) is 0 Å². The fourth-order valence-corrected chi connectivity index (χ4v) is 2.70. The second-order valence-corrected chi connectivity index (χ2v) is 5.30. The molecule has 0 radical (unpaired) electrons. The van der Waals surface area contributed by atoms with Gasteiger partial charge in [-0.15, -0.1) is 0 Å². The van der Waals surface area contributed by atoms with E-state index in [1.165, 1.54) is 12.1 Å². The zero-order valence-electron chi connectivity index (χ0n) is 10.3. The molecule has 19 heavy (non-hydrogen) atoms. The lowest BCUT2D eigenvalue weighted by Gasteiger charge is -2.17. The first kappa shape index (κ1) is 12.1. The number of carbonyl (C=O) groups excluding carboxylic acids is 1. The van der Waals surface area contributed by atoms with E-state index in [9.17, 15) is 14.0 Å². The Hall–Kier alpha value is -1.91. The van der Waals surface area contributed by atoms with Gasteiger partial charge in [0.15, 0.2) is 0 Å². The highest BCUT2D eigenvalue weighted by atomic mass is 19.1. The number of fused-ring (bicyclic) bond motifs is 1. The summed E-state index contributed by atoms with van der Waals surface area (Å²) in [5.74, 6) is -1.75. The Balaban J connectivity index is 1.77. The first-order valence-electron chi connectivity index (χ1n) is 6.36. The van der Waals surface area contributed by atoms with Crippen molar-refractivity contribution in [3.8, 4) is 0 Å². The average molecular weight is 263 g/mol. The van der Waals surface area contributed by atoms with Gasteiger partial charge >= 0.3 is 5.97 Å². The lowest BCUT2D eigenvalue weighted by molar-refractivity contribution is -0.149. The van der Waals surface area contributed by atoms with Crippen LogP contribution >= 0.6 is 0 Å². The Morgan fingerprint density at radius 2 is 2.11 bits per heavy atom. The zero-order chi connectivity index (χ0) is 13.6. The highest BCUT2D eigenvalue weighted by molar-refractivity contribution is 6.05. The van der Waals surface area contributed by atoms with Crippen LogP contribution in [0.3, 0.4) is 0 Å². The largest absolute Gasteiger partial charge is 0.480 e. The number of nitrogens with one attached hydrogen (secondary N) is 1. The van der Waals surface area contributed by atoms with E-state index in [1.807, 2.05) is 0 Å². The molecule has 1 amide bonds. The van der Waals surface area contributed by atoms with Crippen LogP contribution in [0.25, 0.3) is 0 Å². The molecule has 0 aliphatic heterocycles. The van der Waals surface area contributed by atoms with Crippen molar-refractivity contribution < 1.29 is 19.1 Å². The van der Waals surface area contributed by atoms with Gasteiger partial charge in [0.25, 0.3) is 0 Å². The second-order valence-electron chi connectivity index (χ2n) is 5.30. The quantitative estimate of drug-likeness (QED) is 0.817. The van der Waals surface area contributed by atoms with E-state index in [-0.39, 0.29) is 11.9 Å². The van der Waals surface area contributed by atoms with E-state index in [0.29, 0.717) is 25.7 Å². The zero-order valence-corrected chi connectivity index (χ0v) is 10.3. The van der Waals surface area contributed by atoms with Crippen LogP contribution < -0.4 is 5.32 Å². The number of carboxylic acid groups (broad SMARTS) is 1. The van der Waals surface area contributed by atoms with Crippen molar-refractivity contribution >= 4 is 11.9 Å². The van der Waals surface area contributed by atoms with Crippen LogP contribution in [0.15, 0.2) is 18.2 Å². The number of carboxylic acids is 1. The first-order valence-corrected chi connectivity index (χ1v) is 6.36. The Kier molecular flexibility index (Phi) is 2.59. The Bertz CT molecular complexity index is 566. The van der Waals surface area contributed by atoms with Crippen LogP contribution in [-0.2, 0) is 16.0 Å².